The van der Waals surface area contributed by atoms with Crippen molar-refractivity contribution >= 4 is 52.9 Å². The number of thiazole rings is 1. The van der Waals surface area contributed by atoms with E-state index in [1.54, 1.807) is 5.38 Å². The average molecular weight is 407 g/mol. The van der Waals surface area contributed by atoms with E-state index in [0.717, 1.165) is 0 Å². The first-order valence-electron chi connectivity index (χ1n) is 6.35. The molecule has 0 aromatic carbocycles. The smallest absolute Gasteiger partial charge is 0.437 e. The van der Waals surface area contributed by atoms with Gasteiger partial charge in [-0.3, -0.25) is 0 Å². The van der Waals surface area contributed by atoms with E-state index in [9.17, 15) is 18.8 Å². The number of carboxylic acid groups (broad SMARTS) is 3. The van der Waals surface area contributed by atoms with Crippen LogP contribution in [0, 0.1) is 5.82 Å². The third-order valence-corrected chi connectivity index (χ3v) is 3.48. The van der Waals surface area contributed by atoms with Crippen molar-refractivity contribution in [1.29, 1.82) is 0 Å². The largest absolute Gasteiger partial charge is 0.463 e. The molecule has 0 aliphatic rings. The van der Waals surface area contributed by atoms with Gasteiger partial charge in [0.25, 0.3) is 0 Å². The van der Waals surface area contributed by atoms with Gasteiger partial charge in [-0.15, -0.1) is 21.4 Å². The van der Waals surface area contributed by atoms with Gasteiger partial charge in [-0.2, -0.15) is 14.4 Å². The van der Waals surface area contributed by atoms with E-state index >= 15 is 0 Å². The van der Waals surface area contributed by atoms with Crippen molar-refractivity contribution in [1.82, 2.24) is 20.0 Å². The Hall–Kier alpha value is -3.26. The Labute approximate surface area is 152 Å². The van der Waals surface area contributed by atoms with Gasteiger partial charge in [0, 0.05) is 5.38 Å². The molecule has 0 bridgehead atoms. The van der Waals surface area contributed by atoms with Crippen molar-refractivity contribution in [2.45, 2.75) is 6.54 Å². The van der Waals surface area contributed by atoms with Crippen LogP contribution >= 0.6 is 22.9 Å². The summed E-state index contributed by atoms with van der Waals surface area (Å²) >= 11 is 6.90. The van der Waals surface area contributed by atoms with Crippen molar-refractivity contribution in [3.05, 3.63) is 27.7 Å². The second-order valence-electron chi connectivity index (χ2n) is 4.28. The van der Waals surface area contributed by atoms with Crippen molar-refractivity contribution in [2.75, 3.05) is 10.3 Å². The molecule has 0 fully saturated rings. The summed E-state index contributed by atoms with van der Waals surface area (Å²) in [5.74, 6) is -3.20. The van der Waals surface area contributed by atoms with Gasteiger partial charge >= 0.3 is 18.3 Å². The Kier molecular flexibility index (Phi) is 5.68. The predicted molar refractivity (Wildman–Crippen MR) is 84.8 cm³/mol. The molecular weight excluding hydrogens is 399 g/mol. The Morgan fingerprint density at radius 1 is 1.19 bits per heavy atom. The minimum atomic E-state index is -2.20. The molecule has 4 N–H and O–H groups in total. The molecule has 0 atom stereocenters. The van der Waals surface area contributed by atoms with E-state index in [-0.39, 0.29) is 6.54 Å². The number of aromatic nitrogens is 3. The van der Waals surface area contributed by atoms with E-state index in [2.05, 4.69) is 20.3 Å². The molecule has 2 heterocycles. The number of carbonyl (C=O) groups is 3. The first-order valence-corrected chi connectivity index (χ1v) is 7.67. The Morgan fingerprint density at radius 3 is 2.35 bits per heavy atom. The fraction of sp³-hybridized carbons (Fsp3) is 0.0909. The van der Waals surface area contributed by atoms with Crippen LogP contribution in [0.15, 0.2) is 10.9 Å². The fourth-order valence-corrected chi connectivity index (χ4v) is 2.41. The van der Waals surface area contributed by atoms with E-state index in [0.29, 0.717) is 5.69 Å². The van der Waals surface area contributed by atoms with Gasteiger partial charge in [0.05, 0.1) is 17.7 Å². The van der Waals surface area contributed by atoms with Gasteiger partial charge in [-0.25, -0.2) is 19.4 Å². The maximum absolute atomic E-state index is 14.6. The van der Waals surface area contributed by atoms with Crippen LogP contribution in [0.4, 0.5) is 30.4 Å². The number of hydrazine groups is 1. The minimum absolute atomic E-state index is 0.0121. The van der Waals surface area contributed by atoms with Crippen LogP contribution in [0.3, 0.4) is 0 Å². The minimum Gasteiger partial charge on any atom is -0.463 e. The molecule has 0 unspecified atom stereocenters. The molecule has 2 aromatic heterocycles. The molecule has 0 saturated heterocycles. The number of rotatable bonds is 4. The Balaban J connectivity index is 2.47. The number of halogens is 2. The van der Waals surface area contributed by atoms with Crippen LogP contribution < -0.4 is 10.3 Å². The standard InChI is InChI=1S/C11H8ClFN6O6S/c12-8-16-6(14-1-4-2-26-3-15-4)5(13)7(17-8)18(9(20)21)19(10(22)23)11(24)25/h2-3H,1H2,(H,20,21)(H,22,23)(H,24,25)(H,14,16,17). The molecule has 26 heavy (non-hydrogen) atoms. The first kappa shape index (κ1) is 19.1. The molecule has 3 amide bonds. The summed E-state index contributed by atoms with van der Waals surface area (Å²) in [7, 11) is 0. The third-order valence-electron chi connectivity index (χ3n) is 2.67. The number of hydrogen-bond acceptors (Lipinski definition) is 8. The van der Waals surface area contributed by atoms with Gasteiger partial charge in [0.1, 0.15) is 0 Å². The molecule has 0 aliphatic heterocycles. The quantitative estimate of drug-likeness (QED) is 0.436. The van der Waals surface area contributed by atoms with Crippen LogP contribution in [0.1, 0.15) is 5.69 Å². The zero-order valence-corrected chi connectivity index (χ0v) is 13.9. The van der Waals surface area contributed by atoms with E-state index in [1.165, 1.54) is 16.8 Å². The highest BCUT2D eigenvalue weighted by Gasteiger charge is 2.37. The number of nitrogens with zero attached hydrogens (tertiary/aromatic N) is 5. The van der Waals surface area contributed by atoms with Crippen LogP contribution in [-0.4, -0.2) is 53.6 Å². The molecule has 0 radical (unpaired) electrons. The fourth-order valence-electron chi connectivity index (χ4n) is 1.69. The van der Waals surface area contributed by atoms with Crippen LogP contribution in [0.25, 0.3) is 0 Å². The lowest BCUT2D eigenvalue weighted by Crippen LogP contribution is -2.52. The summed E-state index contributed by atoms with van der Waals surface area (Å²) in [6, 6.07) is 0. The summed E-state index contributed by atoms with van der Waals surface area (Å²) in [6.07, 6.45) is -6.54. The molecule has 12 nitrogen and oxygen atoms in total. The van der Waals surface area contributed by atoms with Crippen LogP contribution in [-0.2, 0) is 6.54 Å². The topological polar surface area (TPSA) is 169 Å². The zero-order chi connectivity index (χ0) is 19.4. The summed E-state index contributed by atoms with van der Waals surface area (Å²) in [5.41, 5.74) is 2.04. The molecule has 0 aliphatic carbocycles. The lowest BCUT2D eigenvalue weighted by Gasteiger charge is -2.25. The van der Waals surface area contributed by atoms with E-state index < -0.39 is 51.0 Å². The first-order chi connectivity index (χ1) is 12.2. The third kappa shape index (κ3) is 4.04. The zero-order valence-electron chi connectivity index (χ0n) is 12.3. The molecule has 2 rings (SSSR count). The number of hydrogen-bond donors (Lipinski definition) is 4. The highest BCUT2D eigenvalue weighted by molar-refractivity contribution is 7.07. The lowest BCUT2D eigenvalue weighted by atomic mass is 10.4. The van der Waals surface area contributed by atoms with E-state index in [1.807, 2.05) is 0 Å². The molecule has 2 aromatic rings. The summed E-state index contributed by atoms with van der Waals surface area (Å²) in [4.78, 5) is 44.2. The van der Waals surface area contributed by atoms with Gasteiger partial charge < -0.3 is 20.6 Å². The monoisotopic (exact) mass is 406 g/mol. The summed E-state index contributed by atoms with van der Waals surface area (Å²) < 4.78 is 14.6. The van der Waals surface area contributed by atoms with Crippen molar-refractivity contribution in [3.63, 3.8) is 0 Å². The maximum atomic E-state index is 14.6. The van der Waals surface area contributed by atoms with E-state index in [4.69, 9.17) is 26.9 Å². The predicted octanol–water partition coefficient (Wildman–Crippen LogP) is 2.40. The number of imide groups is 1. The molecule has 0 spiro atoms. The highest BCUT2D eigenvalue weighted by Crippen LogP contribution is 2.26. The van der Waals surface area contributed by atoms with Gasteiger partial charge in [-0.05, 0) is 11.6 Å². The second-order valence-corrected chi connectivity index (χ2v) is 5.34. The average Bonchev–Trinajstić information content (AvgIpc) is 3.05. The highest BCUT2D eigenvalue weighted by atomic mass is 35.5. The van der Waals surface area contributed by atoms with Crippen LogP contribution in [0.2, 0.25) is 5.28 Å². The second kappa shape index (κ2) is 7.75. The lowest BCUT2D eigenvalue weighted by molar-refractivity contribution is 0.112. The number of amides is 3. The van der Waals surface area contributed by atoms with Gasteiger partial charge in [0.15, 0.2) is 5.82 Å². The number of nitrogens with one attached hydrogen (secondary N) is 1. The number of anilines is 2. The summed E-state index contributed by atoms with van der Waals surface area (Å²) in [6.45, 7) is -0.0121. The molecule has 138 valence electrons. The van der Waals surface area contributed by atoms with Gasteiger partial charge in [-0.1, -0.05) is 0 Å². The Bertz CT molecular complexity index is 838. The van der Waals surface area contributed by atoms with Crippen molar-refractivity contribution in [2.24, 2.45) is 0 Å². The molecule has 0 saturated carbocycles. The van der Waals surface area contributed by atoms with Crippen molar-refractivity contribution < 1.29 is 34.1 Å². The summed E-state index contributed by atoms with van der Waals surface area (Å²) in [5, 5.41) is 29.3. The Morgan fingerprint density at radius 2 is 1.85 bits per heavy atom. The molecular formula is C11H8ClFN6O6S. The molecule has 15 heteroatoms. The van der Waals surface area contributed by atoms with Gasteiger partial charge in [0.2, 0.25) is 16.9 Å². The van der Waals surface area contributed by atoms with Crippen LogP contribution in [0.5, 0.6) is 0 Å². The maximum Gasteiger partial charge on any atom is 0.437 e. The normalized spacial score (nSPS) is 10.2. The van der Waals surface area contributed by atoms with Crippen molar-refractivity contribution in [3.8, 4) is 0 Å². The SMILES string of the molecule is O=C(O)N(C(=O)O)N(C(=O)O)c1nc(Cl)nc(NCc2cscn2)c1F.